The number of nitrogens with one attached hydrogen (secondary N) is 1. The van der Waals surface area contributed by atoms with Crippen LogP contribution in [0.3, 0.4) is 0 Å². The predicted octanol–water partition coefficient (Wildman–Crippen LogP) is 1.64. The van der Waals surface area contributed by atoms with Crippen molar-refractivity contribution < 1.29 is 4.79 Å². The second-order valence-electron chi connectivity index (χ2n) is 6.10. The Morgan fingerprint density at radius 1 is 1.30 bits per heavy atom. The SMILES string of the molecule is CC(Cn1cnnc1)NC(=O)N1CCCC1C1CCC1. The molecule has 2 atom stereocenters. The van der Waals surface area contributed by atoms with E-state index in [1.165, 1.54) is 25.7 Å². The Morgan fingerprint density at radius 3 is 2.70 bits per heavy atom. The third-order valence-corrected chi connectivity index (χ3v) is 4.58. The first-order chi connectivity index (χ1) is 9.74. The van der Waals surface area contributed by atoms with E-state index in [0.717, 1.165) is 18.9 Å². The van der Waals surface area contributed by atoms with Crippen molar-refractivity contribution in [3.63, 3.8) is 0 Å². The number of amides is 2. The van der Waals surface area contributed by atoms with Crippen LogP contribution in [0.2, 0.25) is 0 Å². The molecule has 6 heteroatoms. The molecular formula is C14H23N5O. The molecule has 2 heterocycles. The number of likely N-dealkylation sites (tertiary alicyclic amines) is 1. The minimum absolute atomic E-state index is 0.0844. The highest BCUT2D eigenvalue weighted by Gasteiger charge is 2.37. The number of rotatable bonds is 4. The number of aromatic nitrogens is 3. The Morgan fingerprint density at radius 2 is 2.05 bits per heavy atom. The molecule has 0 radical (unpaired) electrons. The molecule has 1 N–H and O–H groups in total. The summed E-state index contributed by atoms with van der Waals surface area (Å²) in [5.41, 5.74) is 0. The average Bonchev–Trinajstić information content (AvgIpc) is 2.97. The van der Waals surface area contributed by atoms with Crippen molar-refractivity contribution in [1.29, 1.82) is 0 Å². The van der Waals surface area contributed by atoms with Gasteiger partial charge in [0.1, 0.15) is 12.7 Å². The molecule has 0 spiro atoms. The largest absolute Gasteiger partial charge is 0.334 e. The molecule has 2 aliphatic rings. The molecule has 2 amide bonds. The van der Waals surface area contributed by atoms with Gasteiger partial charge in [0, 0.05) is 25.2 Å². The van der Waals surface area contributed by atoms with Crippen LogP contribution in [-0.4, -0.2) is 44.3 Å². The number of urea groups is 1. The topological polar surface area (TPSA) is 63.1 Å². The number of nitrogens with zero attached hydrogens (tertiary/aromatic N) is 4. The van der Waals surface area contributed by atoms with Crippen molar-refractivity contribution in [2.45, 2.75) is 57.7 Å². The van der Waals surface area contributed by atoms with E-state index < -0.39 is 0 Å². The zero-order valence-electron chi connectivity index (χ0n) is 12.0. The Hall–Kier alpha value is -1.59. The van der Waals surface area contributed by atoms with Gasteiger partial charge in [0.05, 0.1) is 0 Å². The lowest BCUT2D eigenvalue weighted by molar-refractivity contribution is 0.137. The Balaban J connectivity index is 1.52. The molecule has 1 aliphatic carbocycles. The average molecular weight is 277 g/mol. The molecule has 0 aromatic carbocycles. The van der Waals surface area contributed by atoms with E-state index >= 15 is 0 Å². The lowest BCUT2D eigenvalue weighted by Gasteiger charge is -2.37. The van der Waals surface area contributed by atoms with Gasteiger partial charge >= 0.3 is 6.03 Å². The quantitative estimate of drug-likeness (QED) is 0.910. The second kappa shape index (κ2) is 5.81. The summed E-state index contributed by atoms with van der Waals surface area (Å²) in [6.07, 6.45) is 9.60. The third kappa shape index (κ3) is 2.78. The summed E-state index contributed by atoms with van der Waals surface area (Å²) in [4.78, 5) is 14.5. The summed E-state index contributed by atoms with van der Waals surface area (Å²) in [5, 5.41) is 10.7. The zero-order valence-corrected chi connectivity index (χ0v) is 12.0. The van der Waals surface area contributed by atoms with Gasteiger partial charge < -0.3 is 14.8 Å². The van der Waals surface area contributed by atoms with Crippen LogP contribution in [0.1, 0.15) is 39.0 Å². The molecule has 3 rings (SSSR count). The molecule has 1 saturated heterocycles. The third-order valence-electron chi connectivity index (χ3n) is 4.58. The van der Waals surface area contributed by atoms with Crippen molar-refractivity contribution in [3.8, 4) is 0 Å². The summed E-state index contributed by atoms with van der Waals surface area (Å²) < 4.78 is 1.89. The number of hydrogen-bond donors (Lipinski definition) is 1. The van der Waals surface area contributed by atoms with Crippen molar-refractivity contribution in [1.82, 2.24) is 25.0 Å². The maximum atomic E-state index is 12.4. The van der Waals surface area contributed by atoms with Crippen LogP contribution < -0.4 is 5.32 Å². The second-order valence-corrected chi connectivity index (χ2v) is 6.10. The smallest absolute Gasteiger partial charge is 0.317 e. The van der Waals surface area contributed by atoms with E-state index in [1.54, 1.807) is 12.7 Å². The molecule has 6 nitrogen and oxygen atoms in total. The van der Waals surface area contributed by atoms with Gasteiger partial charge in [0.25, 0.3) is 0 Å². The number of carbonyl (C=O) groups is 1. The fraction of sp³-hybridized carbons (Fsp3) is 0.786. The van der Waals surface area contributed by atoms with Gasteiger partial charge in [-0.25, -0.2) is 4.79 Å². The number of carbonyl (C=O) groups excluding carboxylic acids is 1. The zero-order chi connectivity index (χ0) is 13.9. The highest BCUT2D eigenvalue weighted by molar-refractivity contribution is 5.75. The van der Waals surface area contributed by atoms with E-state index in [0.29, 0.717) is 12.6 Å². The van der Waals surface area contributed by atoms with Crippen molar-refractivity contribution >= 4 is 6.03 Å². The van der Waals surface area contributed by atoms with Crippen LogP contribution in [0.25, 0.3) is 0 Å². The van der Waals surface area contributed by atoms with Crippen LogP contribution in [0.15, 0.2) is 12.7 Å². The lowest BCUT2D eigenvalue weighted by Crippen LogP contribution is -2.49. The normalized spacial score (nSPS) is 24.4. The van der Waals surface area contributed by atoms with Gasteiger partial charge in [-0.1, -0.05) is 6.42 Å². The Kier molecular flexibility index (Phi) is 3.89. The Bertz CT molecular complexity index is 442. The molecule has 1 aromatic heterocycles. The summed E-state index contributed by atoms with van der Waals surface area (Å²) in [5.74, 6) is 0.747. The molecule has 0 bridgehead atoms. The summed E-state index contributed by atoms with van der Waals surface area (Å²) in [6.45, 7) is 3.64. The van der Waals surface area contributed by atoms with Crippen LogP contribution in [0.4, 0.5) is 4.79 Å². The molecule has 1 aromatic rings. The van der Waals surface area contributed by atoms with Crippen LogP contribution in [0.5, 0.6) is 0 Å². The molecule has 2 fully saturated rings. The molecule has 1 saturated carbocycles. The van der Waals surface area contributed by atoms with E-state index in [-0.39, 0.29) is 12.1 Å². The molecule has 20 heavy (non-hydrogen) atoms. The van der Waals surface area contributed by atoms with Gasteiger partial charge in [-0.3, -0.25) is 0 Å². The van der Waals surface area contributed by atoms with Crippen LogP contribution >= 0.6 is 0 Å². The first-order valence-corrected chi connectivity index (χ1v) is 7.63. The highest BCUT2D eigenvalue weighted by atomic mass is 16.2. The Labute approximate surface area is 119 Å². The van der Waals surface area contributed by atoms with E-state index in [9.17, 15) is 4.79 Å². The standard InChI is InChI=1S/C14H23N5O/c1-11(8-18-9-15-16-10-18)17-14(20)19-7-3-6-13(19)12-4-2-5-12/h9-13H,2-8H2,1H3,(H,17,20). The van der Waals surface area contributed by atoms with Crippen molar-refractivity contribution in [2.75, 3.05) is 6.54 Å². The first-order valence-electron chi connectivity index (χ1n) is 7.63. The van der Waals surface area contributed by atoms with Crippen LogP contribution in [0, 0.1) is 5.92 Å². The lowest BCUT2D eigenvalue weighted by atomic mass is 9.79. The molecule has 110 valence electrons. The fourth-order valence-electron chi connectivity index (χ4n) is 3.33. The minimum atomic E-state index is 0.0844. The van der Waals surface area contributed by atoms with E-state index in [4.69, 9.17) is 0 Å². The van der Waals surface area contributed by atoms with Crippen molar-refractivity contribution in [3.05, 3.63) is 12.7 Å². The maximum absolute atomic E-state index is 12.4. The summed E-state index contributed by atoms with van der Waals surface area (Å²) >= 11 is 0. The van der Waals surface area contributed by atoms with Crippen LogP contribution in [-0.2, 0) is 6.54 Å². The van der Waals surface area contributed by atoms with Gasteiger partial charge in [-0.05, 0) is 38.5 Å². The highest BCUT2D eigenvalue weighted by Crippen LogP contribution is 2.37. The van der Waals surface area contributed by atoms with Gasteiger partial charge in [0.15, 0.2) is 0 Å². The summed E-state index contributed by atoms with van der Waals surface area (Å²) in [6, 6.07) is 0.659. The molecule has 1 aliphatic heterocycles. The predicted molar refractivity (Wildman–Crippen MR) is 75.1 cm³/mol. The monoisotopic (exact) mass is 277 g/mol. The van der Waals surface area contributed by atoms with Crippen molar-refractivity contribution in [2.24, 2.45) is 5.92 Å². The maximum Gasteiger partial charge on any atom is 0.317 e. The van der Waals surface area contributed by atoms with Gasteiger partial charge in [-0.2, -0.15) is 0 Å². The minimum Gasteiger partial charge on any atom is -0.334 e. The first kappa shape index (κ1) is 13.4. The van der Waals surface area contributed by atoms with Gasteiger partial charge in [0.2, 0.25) is 0 Å². The van der Waals surface area contributed by atoms with E-state index in [2.05, 4.69) is 20.4 Å². The summed E-state index contributed by atoms with van der Waals surface area (Å²) in [7, 11) is 0. The number of hydrogen-bond acceptors (Lipinski definition) is 3. The fourth-order valence-corrected chi connectivity index (χ4v) is 3.33. The van der Waals surface area contributed by atoms with E-state index in [1.807, 2.05) is 11.5 Å². The molecule has 2 unspecified atom stereocenters. The molecular weight excluding hydrogens is 254 g/mol. The van der Waals surface area contributed by atoms with Gasteiger partial charge in [-0.15, -0.1) is 10.2 Å².